The second kappa shape index (κ2) is 6.60. The summed E-state index contributed by atoms with van der Waals surface area (Å²) in [6.07, 6.45) is 0. The number of carbonyl (C=O) groups is 1. The molecule has 0 aromatic heterocycles. The maximum absolute atomic E-state index is 13.9. The molecule has 0 bridgehead atoms. The minimum absolute atomic E-state index is 0.0834. The number of hydrogen-bond donors (Lipinski definition) is 1. The lowest BCUT2D eigenvalue weighted by atomic mass is 10.1. The van der Waals surface area contributed by atoms with E-state index in [1.807, 2.05) is 0 Å². The molecule has 2 N–H and O–H groups in total. The summed E-state index contributed by atoms with van der Waals surface area (Å²) in [5, 5.41) is 0. The average molecular weight is 302 g/mol. The van der Waals surface area contributed by atoms with E-state index in [-0.39, 0.29) is 22.8 Å². The van der Waals surface area contributed by atoms with E-state index in [4.69, 9.17) is 5.73 Å². The van der Waals surface area contributed by atoms with Gasteiger partial charge < -0.3 is 15.4 Å². The van der Waals surface area contributed by atoms with Gasteiger partial charge in [0.05, 0.1) is 13.0 Å². The molecule has 0 amide bonds. The summed E-state index contributed by atoms with van der Waals surface area (Å²) in [7, 11) is 2.75. The molecule has 0 radical (unpaired) electrons. The molecule has 0 spiro atoms. The van der Waals surface area contributed by atoms with Gasteiger partial charge in [-0.1, -0.05) is 19.1 Å². The second-order valence-electron chi connectivity index (χ2n) is 4.46. The lowest BCUT2D eigenvalue weighted by Crippen LogP contribution is -2.30. The van der Waals surface area contributed by atoms with Crippen LogP contribution in [0, 0.1) is 17.6 Å². The lowest BCUT2D eigenvalue weighted by molar-refractivity contribution is -0.144. The van der Waals surface area contributed by atoms with Crippen LogP contribution in [0.2, 0.25) is 0 Å². The number of anilines is 1. The summed E-state index contributed by atoms with van der Waals surface area (Å²) in [4.78, 5) is 12.6. The Morgan fingerprint density at radius 3 is 2.35 bits per heavy atom. The van der Waals surface area contributed by atoms with Crippen LogP contribution in [0.3, 0.4) is 0 Å². The summed E-state index contributed by atoms with van der Waals surface area (Å²) in [5.74, 6) is -2.53. The molecular weight excluding hydrogens is 286 g/mol. The van der Waals surface area contributed by atoms with Gasteiger partial charge >= 0.3 is 5.97 Å². The first-order chi connectivity index (χ1) is 9.27. The Morgan fingerprint density at radius 1 is 1.45 bits per heavy atom. The van der Waals surface area contributed by atoms with Crippen LogP contribution in [0.25, 0.3) is 0 Å². The van der Waals surface area contributed by atoms with Gasteiger partial charge in [0.2, 0.25) is 0 Å². The van der Waals surface area contributed by atoms with E-state index >= 15 is 0 Å². The Hall–Kier alpha value is -1.76. The Balaban J connectivity index is 3.02. The minimum atomic E-state index is -0.785. The zero-order valence-electron chi connectivity index (χ0n) is 11.4. The van der Waals surface area contributed by atoms with Crippen LogP contribution in [0.5, 0.6) is 0 Å². The molecule has 1 atom stereocenters. The van der Waals surface area contributed by atoms with Crippen molar-refractivity contribution in [1.29, 1.82) is 0 Å². The molecule has 0 aliphatic heterocycles. The van der Waals surface area contributed by atoms with Gasteiger partial charge in [-0.25, -0.2) is 8.78 Å². The van der Waals surface area contributed by atoms with Crippen molar-refractivity contribution in [3.05, 3.63) is 29.3 Å². The minimum Gasteiger partial charge on any atom is -0.469 e. The Labute approximate surface area is 121 Å². The predicted octanol–water partition coefficient (Wildman–Crippen LogP) is 1.84. The van der Waals surface area contributed by atoms with Gasteiger partial charge in [-0.2, -0.15) is 0 Å². The average Bonchev–Trinajstić information content (AvgIpc) is 2.36. The van der Waals surface area contributed by atoms with E-state index in [1.54, 1.807) is 6.92 Å². The van der Waals surface area contributed by atoms with Crippen LogP contribution < -0.4 is 10.6 Å². The first-order valence-corrected chi connectivity index (χ1v) is 6.26. The lowest BCUT2D eigenvalue weighted by Gasteiger charge is -2.23. The maximum Gasteiger partial charge on any atom is 0.310 e. The highest BCUT2D eigenvalue weighted by Crippen LogP contribution is 2.25. The van der Waals surface area contributed by atoms with E-state index in [0.29, 0.717) is 0 Å². The van der Waals surface area contributed by atoms with Crippen LogP contribution in [0.1, 0.15) is 12.5 Å². The third-order valence-corrected chi connectivity index (χ3v) is 3.07. The zero-order chi connectivity index (χ0) is 15.4. The van der Waals surface area contributed by atoms with Crippen LogP contribution in [-0.2, 0) is 9.53 Å². The van der Waals surface area contributed by atoms with Crippen LogP contribution in [0.4, 0.5) is 14.5 Å². The fourth-order valence-corrected chi connectivity index (χ4v) is 1.97. The van der Waals surface area contributed by atoms with Crippen molar-refractivity contribution < 1.29 is 18.3 Å². The van der Waals surface area contributed by atoms with Gasteiger partial charge in [0.25, 0.3) is 0 Å². The van der Waals surface area contributed by atoms with Gasteiger partial charge in [0, 0.05) is 19.2 Å². The molecule has 0 fully saturated rings. The molecular formula is C13H16F2N2O2S. The third-order valence-electron chi connectivity index (χ3n) is 2.83. The number of rotatable bonds is 5. The number of nitrogens with two attached hydrogens (primary N) is 1. The number of methoxy groups -OCH3 is 1. The molecule has 0 heterocycles. The summed E-state index contributed by atoms with van der Waals surface area (Å²) >= 11 is 4.68. The number of esters is 1. The molecule has 4 nitrogen and oxygen atoms in total. The molecule has 1 rings (SSSR count). The highest BCUT2D eigenvalue weighted by molar-refractivity contribution is 7.80. The fraction of sp³-hybridized carbons (Fsp3) is 0.385. The highest BCUT2D eigenvalue weighted by Gasteiger charge is 2.21. The van der Waals surface area contributed by atoms with E-state index in [2.05, 4.69) is 17.0 Å². The summed E-state index contributed by atoms with van der Waals surface area (Å²) in [5.41, 5.74) is 5.22. The molecule has 0 aliphatic rings. The van der Waals surface area contributed by atoms with E-state index in [1.165, 1.54) is 19.1 Å². The summed E-state index contributed by atoms with van der Waals surface area (Å²) in [6, 6.07) is 2.14. The SMILES string of the molecule is COC(=O)C(C)CN(C)c1c(F)cc(C(N)=S)cc1F. The number of halogens is 2. The Bertz CT molecular complexity index is 514. The molecule has 0 saturated heterocycles. The quantitative estimate of drug-likeness (QED) is 0.664. The molecule has 1 aromatic carbocycles. The Morgan fingerprint density at radius 2 is 1.95 bits per heavy atom. The molecule has 7 heteroatoms. The van der Waals surface area contributed by atoms with Gasteiger partial charge in [-0.15, -0.1) is 0 Å². The van der Waals surface area contributed by atoms with E-state index < -0.39 is 23.5 Å². The largest absolute Gasteiger partial charge is 0.469 e. The van der Waals surface area contributed by atoms with Crippen molar-refractivity contribution in [1.82, 2.24) is 0 Å². The topological polar surface area (TPSA) is 55.6 Å². The summed E-state index contributed by atoms with van der Waals surface area (Å²) in [6.45, 7) is 1.73. The highest BCUT2D eigenvalue weighted by atomic mass is 32.1. The monoisotopic (exact) mass is 302 g/mol. The molecule has 0 saturated carbocycles. The number of thiocarbonyl (C=S) groups is 1. The number of hydrogen-bond acceptors (Lipinski definition) is 4. The van der Waals surface area contributed by atoms with Crippen molar-refractivity contribution in [3.8, 4) is 0 Å². The molecule has 110 valence electrons. The van der Waals surface area contributed by atoms with Crippen LogP contribution in [0.15, 0.2) is 12.1 Å². The normalized spacial score (nSPS) is 11.8. The van der Waals surface area contributed by atoms with Crippen LogP contribution >= 0.6 is 12.2 Å². The predicted molar refractivity (Wildman–Crippen MR) is 76.7 cm³/mol. The maximum atomic E-state index is 13.9. The van der Waals surface area contributed by atoms with Crippen molar-refractivity contribution in [2.45, 2.75) is 6.92 Å². The number of ether oxygens (including phenoxy) is 1. The van der Waals surface area contributed by atoms with Crippen molar-refractivity contribution in [2.24, 2.45) is 11.7 Å². The van der Waals surface area contributed by atoms with Crippen molar-refractivity contribution in [2.75, 3.05) is 25.6 Å². The van der Waals surface area contributed by atoms with E-state index in [9.17, 15) is 13.6 Å². The third kappa shape index (κ3) is 3.63. The van der Waals surface area contributed by atoms with Crippen LogP contribution in [-0.4, -0.2) is 31.7 Å². The van der Waals surface area contributed by atoms with Gasteiger partial charge in [0.1, 0.15) is 22.3 Å². The molecule has 0 aliphatic carbocycles. The number of carbonyl (C=O) groups excluding carboxylic acids is 1. The van der Waals surface area contributed by atoms with Gasteiger partial charge in [0.15, 0.2) is 0 Å². The zero-order valence-corrected chi connectivity index (χ0v) is 12.3. The number of nitrogens with zero attached hydrogens (tertiary/aromatic N) is 1. The smallest absolute Gasteiger partial charge is 0.310 e. The number of benzene rings is 1. The Kier molecular flexibility index (Phi) is 5.38. The second-order valence-corrected chi connectivity index (χ2v) is 4.90. The van der Waals surface area contributed by atoms with Crippen molar-refractivity contribution >= 4 is 28.9 Å². The molecule has 20 heavy (non-hydrogen) atoms. The first kappa shape index (κ1) is 16.3. The molecule has 1 aromatic rings. The van der Waals surface area contributed by atoms with Gasteiger partial charge in [-0.3, -0.25) is 4.79 Å². The van der Waals surface area contributed by atoms with E-state index in [0.717, 1.165) is 12.1 Å². The standard InChI is InChI=1S/C13H16F2N2O2S/c1-7(13(18)19-3)6-17(2)11-9(14)4-8(12(16)20)5-10(11)15/h4-5,7H,6H2,1-3H3,(H2,16,20). The fourth-order valence-electron chi connectivity index (χ4n) is 1.85. The first-order valence-electron chi connectivity index (χ1n) is 5.85. The molecule has 1 unspecified atom stereocenters. The van der Waals surface area contributed by atoms with Gasteiger partial charge in [-0.05, 0) is 12.1 Å². The summed E-state index contributed by atoms with van der Waals surface area (Å²) < 4.78 is 32.5. The van der Waals surface area contributed by atoms with Crippen molar-refractivity contribution in [3.63, 3.8) is 0 Å².